The Kier molecular flexibility index (Phi) is 10.7. The summed E-state index contributed by atoms with van der Waals surface area (Å²) in [4.78, 5) is 13.6. The van der Waals surface area contributed by atoms with E-state index in [2.05, 4.69) is 13.5 Å². The summed E-state index contributed by atoms with van der Waals surface area (Å²) in [5, 5.41) is -0.665. The van der Waals surface area contributed by atoms with E-state index in [1.54, 1.807) is 21.3 Å². The van der Waals surface area contributed by atoms with Gasteiger partial charge in [0.15, 0.2) is 0 Å². The zero-order chi connectivity index (χ0) is 18.8. The predicted molar refractivity (Wildman–Crippen MR) is 98.1 cm³/mol. The lowest BCUT2D eigenvalue weighted by atomic mass is 10.0. The van der Waals surface area contributed by atoms with Crippen molar-refractivity contribution in [3.8, 4) is 0 Å². The molecule has 0 N–H and O–H groups in total. The first kappa shape index (κ1) is 23.3. The van der Waals surface area contributed by atoms with E-state index in [1.165, 1.54) is 6.08 Å². The maximum atomic E-state index is 11.6. The van der Waals surface area contributed by atoms with Crippen LogP contribution in [-0.2, 0) is 23.1 Å². The fourth-order valence-electron chi connectivity index (χ4n) is 3.30. The van der Waals surface area contributed by atoms with Crippen LogP contribution in [0.4, 0.5) is 0 Å². The van der Waals surface area contributed by atoms with E-state index in [1.807, 2.05) is 26.0 Å². The third-order valence-electron chi connectivity index (χ3n) is 4.21. The summed E-state index contributed by atoms with van der Waals surface area (Å²) in [6.07, 6.45) is 4.14. The largest absolute Gasteiger partial charge is 0.456 e. The van der Waals surface area contributed by atoms with Gasteiger partial charge in [0.05, 0.1) is 0 Å². The number of hydrogen-bond donors (Lipinski definition) is 0. The zero-order valence-electron chi connectivity index (χ0n) is 16.4. The van der Waals surface area contributed by atoms with E-state index in [4.69, 9.17) is 18.3 Å². The topological polar surface area (TPSA) is 57.2 Å². The van der Waals surface area contributed by atoms with Crippen molar-refractivity contribution in [2.45, 2.75) is 50.0 Å². The summed E-state index contributed by atoms with van der Waals surface area (Å²) in [6.45, 7) is 5.53. The lowest BCUT2D eigenvalue weighted by Gasteiger charge is -2.51. The van der Waals surface area contributed by atoms with Gasteiger partial charge >= 0.3 is 14.5 Å². The summed E-state index contributed by atoms with van der Waals surface area (Å²) < 4.78 is 23.0. The number of hydrogen-bond acceptors (Lipinski definition) is 6. The first-order valence-electron chi connectivity index (χ1n) is 8.38. The molecule has 0 saturated carbocycles. The Morgan fingerprint density at radius 2 is 1.83 bits per heavy atom. The average molecular weight is 362 g/mol. The molecule has 0 bridgehead atoms. The monoisotopic (exact) mass is 361 g/mol. The third kappa shape index (κ3) is 5.39. The summed E-state index contributed by atoms with van der Waals surface area (Å²) in [5.41, 5.74) is 0. The van der Waals surface area contributed by atoms with Gasteiger partial charge in [-0.1, -0.05) is 19.9 Å². The van der Waals surface area contributed by atoms with Crippen LogP contribution in [0.15, 0.2) is 12.7 Å². The molecule has 0 amide bonds. The van der Waals surface area contributed by atoms with Crippen LogP contribution in [0.25, 0.3) is 0 Å². The molecule has 24 heavy (non-hydrogen) atoms. The van der Waals surface area contributed by atoms with E-state index in [-0.39, 0.29) is 6.10 Å². The minimum Gasteiger partial charge on any atom is -0.456 e. The Morgan fingerprint density at radius 1 is 1.29 bits per heavy atom. The van der Waals surface area contributed by atoms with Crippen LogP contribution < -0.4 is 0 Å². The van der Waals surface area contributed by atoms with Gasteiger partial charge in [-0.25, -0.2) is 4.79 Å². The molecule has 1 fully saturated rings. The number of carbonyl (C=O) groups excluding carboxylic acids is 1. The molecule has 0 aromatic heterocycles. The molecule has 1 aliphatic rings. The highest BCUT2D eigenvalue weighted by molar-refractivity contribution is 6.71. The van der Waals surface area contributed by atoms with E-state index in [9.17, 15) is 4.79 Å². The quantitative estimate of drug-likeness (QED) is 0.394. The Labute approximate surface area is 148 Å². The molecule has 7 heteroatoms. The van der Waals surface area contributed by atoms with Gasteiger partial charge in [0.1, 0.15) is 11.3 Å². The second-order valence-electron chi connectivity index (χ2n) is 6.37. The molecule has 2 atom stereocenters. The molecule has 2 unspecified atom stereocenters. The van der Waals surface area contributed by atoms with Gasteiger partial charge < -0.3 is 23.2 Å². The molecule has 1 aliphatic heterocycles. The van der Waals surface area contributed by atoms with Crippen molar-refractivity contribution in [1.29, 1.82) is 0 Å². The molecule has 1 heterocycles. The second kappa shape index (κ2) is 11.0. The van der Waals surface area contributed by atoms with E-state index in [0.717, 1.165) is 31.7 Å². The van der Waals surface area contributed by atoms with Gasteiger partial charge in [-0.2, -0.15) is 0 Å². The highest BCUT2D eigenvalue weighted by Crippen LogP contribution is 2.44. The summed E-state index contributed by atoms with van der Waals surface area (Å²) >= 11 is 0. The van der Waals surface area contributed by atoms with Crippen LogP contribution in [0.3, 0.4) is 0 Å². The number of esters is 1. The van der Waals surface area contributed by atoms with Crippen molar-refractivity contribution >= 4 is 14.5 Å². The molecule has 0 spiro atoms. The van der Waals surface area contributed by atoms with Crippen LogP contribution >= 0.6 is 0 Å². The fraction of sp³-hybridized carbons (Fsp3) is 0.824. The minimum atomic E-state index is -2.61. The van der Waals surface area contributed by atoms with Crippen molar-refractivity contribution < 1.29 is 23.1 Å². The van der Waals surface area contributed by atoms with Crippen molar-refractivity contribution in [1.82, 2.24) is 4.90 Å². The van der Waals surface area contributed by atoms with Crippen molar-refractivity contribution in [3.05, 3.63) is 12.7 Å². The normalized spacial score (nSPS) is 25.6. The van der Waals surface area contributed by atoms with Crippen molar-refractivity contribution in [3.63, 3.8) is 0 Å². The fourth-order valence-corrected chi connectivity index (χ4v) is 7.29. The summed E-state index contributed by atoms with van der Waals surface area (Å²) in [7, 11) is 8.37. The van der Waals surface area contributed by atoms with E-state index >= 15 is 0 Å². The maximum absolute atomic E-state index is 11.6. The highest BCUT2D eigenvalue weighted by Gasteiger charge is 2.64. The Morgan fingerprint density at radius 3 is 2.21 bits per heavy atom. The average Bonchev–Trinajstić information content (AvgIpc) is 2.55. The summed E-state index contributed by atoms with van der Waals surface area (Å²) in [5.74, 6) is -0.426. The van der Waals surface area contributed by atoms with Gasteiger partial charge in [0.25, 0.3) is 0 Å². The van der Waals surface area contributed by atoms with Crippen LogP contribution in [0, 0.1) is 0 Å². The Balaban J connectivity index is 0.00000118. The summed E-state index contributed by atoms with van der Waals surface area (Å²) in [6, 6.07) is 0.843. The first-order chi connectivity index (χ1) is 11.3. The molecule has 1 rings (SSSR count). The van der Waals surface area contributed by atoms with Gasteiger partial charge in [-0.15, -0.1) is 0 Å². The third-order valence-corrected chi connectivity index (χ3v) is 8.60. The molecule has 0 aromatic carbocycles. The predicted octanol–water partition coefficient (Wildman–Crippen LogP) is 2.52. The van der Waals surface area contributed by atoms with Crippen molar-refractivity contribution in [2.24, 2.45) is 0 Å². The lowest BCUT2D eigenvalue weighted by Crippen LogP contribution is -2.71. The molecule has 0 aromatic rings. The van der Waals surface area contributed by atoms with Crippen molar-refractivity contribution in [2.75, 3.05) is 42.5 Å². The molecule has 0 radical (unpaired) electrons. The van der Waals surface area contributed by atoms with Gasteiger partial charge in [0.2, 0.25) is 0 Å². The molecular formula is C17H35NO5Si. The molecule has 142 valence electrons. The second-order valence-corrected chi connectivity index (χ2v) is 10.0. The van der Waals surface area contributed by atoms with Gasteiger partial charge in [-0.05, 0) is 46.4 Å². The molecule has 0 aliphatic carbocycles. The highest BCUT2D eigenvalue weighted by atomic mass is 28.4. The molecular weight excluding hydrogens is 326 g/mol. The first-order valence-corrected chi connectivity index (χ1v) is 10.4. The standard InChI is InChI=1S/C14H26O5Si.C3H9N/c1-6-10-14(16-3)12(19-13(15)7-2)9-8-11-20(14,17-4)18-5;1-4(2)3/h7,12H,2,6,8-11H2,1,3-5H3;1-3H3. The molecule has 1 saturated heterocycles. The van der Waals surface area contributed by atoms with Gasteiger partial charge in [-0.3, -0.25) is 0 Å². The number of nitrogens with zero attached hydrogens (tertiary/aromatic N) is 1. The van der Waals surface area contributed by atoms with Crippen LogP contribution in [0.1, 0.15) is 32.6 Å². The van der Waals surface area contributed by atoms with Crippen LogP contribution in [0.2, 0.25) is 6.04 Å². The van der Waals surface area contributed by atoms with Gasteiger partial charge in [0, 0.05) is 27.4 Å². The maximum Gasteiger partial charge on any atom is 0.374 e. The Bertz CT molecular complexity index is 384. The van der Waals surface area contributed by atoms with Crippen LogP contribution in [0.5, 0.6) is 0 Å². The van der Waals surface area contributed by atoms with E-state index in [0.29, 0.717) is 0 Å². The SMILES string of the molecule is C=CC(=O)OC1CCC[Si](OC)(OC)C1(CCC)OC.CN(C)C. The zero-order valence-corrected chi connectivity index (χ0v) is 17.4. The number of carbonyl (C=O) groups is 1. The number of methoxy groups -OCH3 is 1. The minimum absolute atomic E-state index is 0.349. The number of rotatable bonds is 7. The number of ether oxygens (including phenoxy) is 2. The smallest absolute Gasteiger partial charge is 0.374 e. The lowest BCUT2D eigenvalue weighted by molar-refractivity contribution is -0.162. The van der Waals surface area contributed by atoms with Crippen LogP contribution in [-0.4, -0.2) is 73.2 Å². The Hall–Kier alpha value is -0.733. The molecule has 6 nitrogen and oxygen atoms in total. The van der Waals surface area contributed by atoms with E-state index < -0.39 is 19.8 Å².